The summed E-state index contributed by atoms with van der Waals surface area (Å²) in [6.45, 7) is 6.81. The predicted octanol–water partition coefficient (Wildman–Crippen LogP) is 21.2. The molecule has 0 heterocycles. The van der Waals surface area contributed by atoms with E-state index in [1.54, 1.807) is 0 Å². The van der Waals surface area contributed by atoms with E-state index < -0.39 is 26.6 Å². The molecular weight excluding hydrogens is 1020 g/mol. The number of phosphoric ester groups is 1. The lowest BCUT2D eigenvalue weighted by molar-refractivity contribution is -0.870. The van der Waals surface area contributed by atoms with E-state index in [-0.39, 0.29) is 31.3 Å². The van der Waals surface area contributed by atoms with E-state index >= 15 is 0 Å². The molecule has 0 fully saturated rings. The Hall–Kier alpha value is -2.29. The molecule has 1 N–H and O–H groups in total. The molecule has 0 radical (unpaired) electrons. The fraction of sp³-hybridized carbons (Fsp3) is 0.831. The third-order valence-corrected chi connectivity index (χ3v) is 16.4. The largest absolute Gasteiger partial charge is 0.756 e. The van der Waals surface area contributed by atoms with Crippen molar-refractivity contribution >= 4 is 19.7 Å². The Morgan fingerprint density at radius 2 is 0.765 bits per heavy atom. The van der Waals surface area contributed by atoms with Crippen molar-refractivity contribution < 1.29 is 37.3 Å². The molecule has 0 aliphatic rings. The van der Waals surface area contributed by atoms with E-state index in [0.29, 0.717) is 17.4 Å². The average Bonchev–Trinajstić information content (AvgIpc) is 3.44. The van der Waals surface area contributed by atoms with Crippen LogP contribution in [-0.2, 0) is 27.9 Å². The number of nitrogens with zero attached hydrogens (tertiary/aromatic N) is 1. The van der Waals surface area contributed by atoms with Gasteiger partial charge in [-0.15, -0.1) is 0 Å². The molecule has 0 spiro atoms. The van der Waals surface area contributed by atoms with Crippen LogP contribution in [0.2, 0.25) is 0 Å². The molecule has 3 atom stereocenters. The van der Waals surface area contributed by atoms with Crippen molar-refractivity contribution in [2.24, 2.45) is 0 Å². The number of allylic oxidation sites excluding steroid dienone is 9. The lowest BCUT2D eigenvalue weighted by Crippen LogP contribution is -2.47. The van der Waals surface area contributed by atoms with Gasteiger partial charge in [0.2, 0.25) is 5.91 Å². The first kappa shape index (κ1) is 78.7. The molecule has 10 heteroatoms. The first-order chi connectivity index (χ1) is 39.4. The van der Waals surface area contributed by atoms with Crippen molar-refractivity contribution in [2.75, 3.05) is 40.9 Å². The second-order valence-electron chi connectivity index (χ2n) is 24.7. The minimum absolute atomic E-state index is 0.0321. The minimum Gasteiger partial charge on any atom is -0.756 e. The maximum atomic E-state index is 13.5. The average molecular weight is 1160 g/mol. The molecule has 0 saturated heterocycles. The number of phosphoric acid groups is 1. The van der Waals surface area contributed by atoms with Crippen LogP contribution < -0.4 is 10.2 Å². The van der Waals surface area contributed by atoms with Crippen LogP contribution in [0.4, 0.5) is 0 Å². The van der Waals surface area contributed by atoms with Crippen molar-refractivity contribution in [1.29, 1.82) is 0 Å². The van der Waals surface area contributed by atoms with Crippen LogP contribution in [0, 0.1) is 0 Å². The highest BCUT2D eigenvalue weighted by molar-refractivity contribution is 7.45. The van der Waals surface area contributed by atoms with Crippen molar-refractivity contribution in [3.63, 3.8) is 0 Å². The molecule has 3 unspecified atom stereocenters. The summed E-state index contributed by atoms with van der Waals surface area (Å²) < 4.78 is 30.4. The fourth-order valence-corrected chi connectivity index (χ4v) is 10.8. The molecule has 0 aromatic heterocycles. The first-order valence-corrected chi connectivity index (χ1v) is 36.1. The van der Waals surface area contributed by atoms with Crippen LogP contribution in [0.3, 0.4) is 0 Å². The van der Waals surface area contributed by atoms with Gasteiger partial charge in [-0.25, -0.2) is 0 Å². The van der Waals surface area contributed by atoms with Crippen LogP contribution in [0.5, 0.6) is 0 Å². The van der Waals surface area contributed by atoms with Gasteiger partial charge in [0.25, 0.3) is 7.82 Å². The van der Waals surface area contributed by atoms with Crippen molar-refractivity contribution in [1.82, 2.24) is 5.32 Å². The van der Waals surface area contributed by atoms with E-state index in [2.05, 4.69) is 74.7 Å². The number of quaternary nitrogens is 1. The Morgan fingerprint density at radius 1 is 0.432 bits per heavy atom. The first-order valence-electron chi connectivity index (χ1n) is 34.6. The van der Waals surface area contributed by atoms with E-state index in [4.69, 9.17) is 13.8 Å². The van der Waals surface area contributed by atoms with Gasteiger partial charge < -0.3 is 28.5 Å². The lowest BCUT2D eigenvalue weighted by atomic mass is 10.0. The second-order valence-corrected chi connectivity index (χ2v) is 26.1. The number of carbonyl (C=O) groups excluding carboxylic acids is 2. The maximum absolute atomic E-state index is 13.5. The van der Waals surface area contributed by atoms with Gasteiger partial charge in [-0.1, -0.05) is 307 Å². The van der Waals surface area contributed by atoms with Gasteiger partial charge in [0.1, 0.15) is 19.3 Å². The zero-order chi connectivity index (χ0) is 59.3. The smallest absolute Gasteiger partial charge is 0.306 e. The number of unbranched alkanes of at least 4 members (excludes halogenated alkanes) is 39. The Balaban J connectivity index is 5.14. The monoisotopic (exact) mass is 1160 g/mol. The van der Waals surface area contributed by atoms with Crippen LogP contribution in [-0.4, -0.2) is 69.4 Å². The molecule has 9 nitrogen and oxygen atoms in total. The molecule has 0 aliphatic carbocycles. The molecule has 0 aromatic rings. The molecule has 0 saturated carbocycles. The summed E-state index contributed by atoms with van der Waals surface area (Å²) in [5.74, 6) is -0.594. The van der Waals surface area contributed by atoms with Crippen LogP contribution in [0.25, 0.3) is 0 Å². The van der Waals surface area contributed by atoms with Gasteiger partial charge >= 0.3 is 5.97 Å². The zero-order valence-electron chi connectivity index (χ0n) is 54.2. The predicted molar refractivity (Wildman–Crippen MR) is 349 cm³/mol. The van der Waals surface area contributed by atoms with Gasteiger partial charge in [-0.2, -0.15) is 0 Å². The Morgan fingerprint density at radius 3 is 1.17 bits per heavy atom. The summed E-state index contributed by atoms with van der Waals surface area (Å²) >= 11 is 0. The zero-order valence-corrected chi connectivity index (χ0v) is 55.1. The molecule has 0 aliphatic heterocycles. The highest BCUT2D eigenvalue weighted by Crippen LogP contribution is 2.38. The van der Waals surface area contributed by atoms with E-state index in [1.165, 1.54) is 225 Å². The van der Waals surface area contributed by atoms with Crippen molar-refractivity contribution in [3.05, 3.63) is 60.8 Å². The summed E-state index contributed by atoms with van der Waals surface area (Å²) in [5, 5.41) is 3.01. The standard InChI is InChI=1S/C71H133N2O7P/c1-7-10-13-16-19-22-25-28-30-32-33-34-35-36-37-38-39-41-43-46-49-52-55-58-61-64-71(75)80-69(62-59-56-53-50-47-44-27-24-21-18-15-12-9-3)68(67-79-81(76,77)78-66-65-73(4,5)6)72-70(74)63-60-57-54-51-48-45-42-40-31-29-26-23-20-17-14-11-8-2/h20,23,29,31,42,45,51,54,59,62,68-69H,7-19,21-22,24-28,30,32-41,43-44,46-50,52-53,55-58,60-61,63-67H2,1-6H3,(H-,72,74,76,77)/b23-20-,31-29-,45-42-,54-51-,62-59-. The molecule has 81 heavy (non-hydrogen) atoms. The highest BCUT2D eigenvalue weighted by atomic mass is 31.2. The van der Waals surface area contributed by atoms with Crippen LogP contribution in [0.1, 0.15) is 329 Å². The number of hydrogen-bond acceptors (Lipinski definition) is 7. The SMILES string of the molecule is CCCCC/C=C\C/C=C\C/C=C\C/C=C\CCCC(=O)NC(COP(=O)([O-])OCC[N+](C)(C)C)C(/C=C\CCCCCCCCCCCCC)OC(=O)CCCCCCCCCCCCCCCCCCCCCCCCCCC. The van der Waals surface area contributed by atoms with E-state index in [0.717, 1.165) is 64.2 Å². The summed E-state index contributed by atoms with van der Waals surface area (Å²) in [5.41, 5.74) is 0. The van der Waals surface area contributed by atoms with Gasteiger partial charge in [0.15, 0.2) is 0 Å². The normalized spacial score (nSPS) is 13.9. The van der Waals surface area contributed by atoms with Crippen molar-refractivity contribution in [3.8, 4) is 0 Å². The fourth-order valence-electron chi connectivity index (χ4n) is 10.1. The van der Waals surface area contributed by atoms with Gasteiger partial charge in [0.05, 0.1) is 33.8 Å². The second kappa shape index (κ2) is 60.8. The number of esters is 1. The number of ether oxygens (including phenoxy) is 1. The quantitative estimate of drug-likeness (QED) is 0.0212. The summed E-state index contributed by atoms with van der Waals surface area (Å²) in [6, 6.07) is -0.917. The van der Waals surface area contributed by atoms with Gasteiger partial charge in [0, 0.05) is 12.8 Å². The molecule has 0 rings (SSSR count). The summed E-state index contributed by atoms with van der Waals surface area (Å²) in [7, 11) is 1.16. The van der Waals surface area contributed by atoms with Crippen LogP contribution >= 0.6 is 7.82 Å². The van der Waals surface area contributed by atoms with E-state index in [9.17, 15) is 19.0 Å². The Kier molecular flexibility index (Phi) is 59.1. The Labute approximate surface area is 502 Å². The summed E-state index contributed by atoms with van der Waals surface area (Å²) in [6.07, 6.45) is 77.9. The molecular formula is C71H133N2O7P. The topological polar surface area (TPSA) is 114 Å². The number of carbonyl (C=O) groups is 2. The maximum Gasteiger partial charge on any atom is 0.306 e. The number of hydrogen-bond donors (Lipinski definition) is 1. The number of rotatable bonds is 63. The van der Waals surface area contributed by atoms with Gasteiger partial charge in [-0.3, -0.25) is 14.2 Å². The molecule has 474 valence electrons. The Bertz CT molecular complexity index is 1570. The molecule has 1 amide bonds. The number of nitrogens with one attached hydrogen (secondary N) is 1. The lowest BCUT2D eigenvalue weighted by Gasteiger charge is -2.30. The van der Waals surface area contributed by atoms with Gasteiger partial charge in [-0.05, 0) is 70.3 Å². The number of likely N-dealkylation sites (N-methyl/N-ethyl adjacent to an activating group) is 1. The third kappa shape index (κ3) is 62.1. The van der Waals surface area contributed by atoms with Crippen LogP contribution in [0.15, 0.2) is 60.8 Å². The van der Waals surface area contributed by atoms with Crippen molar-refractivity contribution in [2.45, 2.75) is 341 Å². The minimum atomic E-state index is -4.72. The highest BCUT2D eigenvalue weighted by Gasteiger charge is 2.27. The van der Waals surface area contributed by atoms with E-state index in [1.807, 2.05) is 33.3 Å². The third-order valence-electron chi connectivity index (χ3n) is 15.5. The number of amides is 1. The molecule has 0 aromatic carbocycles. The summed E-state index contributed by atoms with van der Waals surface area (Å²) in [4.78, 5) is 40.1. The molecule has 0 bridgehead atoms.